The van der Waals surface area contributed by atoms with Crippen molar-refractivity contribution in [2.75, 3.05) is 13.7 Å². The average molecular weight is 249 g/mol. The molecule has 0 aliphatic rings. The molecule has 0 radical (unpaired) electrons. The van der Waals surface area contributed by atoms with Gasteiger partial charge in [-0.2, -0.15) is 0 Å². The maximum absolute atomic E-state index is 5.96. The summed E-state index contributed by atoms with van der Waals surface area (Å²) in [4.78, 5) is 0. The van der Waals surface area contributed by atoms with E-state index in [0.717, 1.165) is 6.42 Å². The molecule has 0 N–H and O–H groups in total. The van der Waals surface area contributed by atoms with Gasteiger partial charge in [0, 0.05) is 31.2 Å². The Bertz CT molecular complexity index is 315. The van der Waals surface area contributed by atoms with Gasteiger partial charge in [-0.05, 0) is 19.1 Å². The van der Waals surface area contributed by atoms with E-state index in [1.54, 1.807) is 25.3 Å². The number of benzene rings is 1. The third kappa shape index (κ3) is 4.29. The molecule has 1 aromatic carbocycles. The fourth-order valence-electron chi connectivity index (χ4n) is 1.13. The third-order valence-corrected chi connectivity index (χ3v) is 2.50. The highest BCUT2D eigenvalue weighted by molar-refractivity contribution is 6.34. The lowest BCUT2D eigenvalue weighted by Crippen LogP contribution is -2.14. The van der Waals surface area contributed by atoms with Gasteiger partial charge in [-0.15, -0.1) is 0 Å². The van der Waals surface area contributed by atoms with E-state index in [1.807, 2.05) is 6.92 Å². The number of hydrogen-bond acceptors (Lipinski definition) is 2. The zero-order chi connectivity index (χ0) is 11.3. The molecule has 1 unspecified atom stereocenters. The van der Waals surface area contributed by atoms with Crippen molar-refractivity contribution in [1.29, 1.82) is 0 Å². The first-order chi connectivity index (χ1) is 7.13. The van der Waals surface area contributed by atoms with Gasteiger partial charge in [0.25, 0.3) is 0 Å². The van der Waals surface area contributed by atoms with Crippen LogP contribution in [0, 0.1) is 0 Å². The summed E-state index contributed by atoms with van der Waals surface area (Å²) in [7, 11) is 1.67. The fourth-order valence-corrected chi connectivity index (χ4v) is 1.45. The number of rotatable bonds is 5. The van der Waals surface area contributed by atoms with E-state index in [2.05, 4.69) is 0 Å². The van der Waals surface area contributed by atoms with Gasteiger partial charge < -0.3 is 9.47 Å². The summed E-state index contributed by atoms with van der Waals surface area (Å²) in [5.41, 5.74) is 0. The third-order valence-electron chi connectivity index (χ3n) is 1.95. The van der Waals surface area contributed by atoms with Crippen molar-refractivity contribution >= 4 is 23.2 Å². The minimum absolute atomic E-state index is 0.0564. The molecule has 0 saturated heterocycles. The van der Waals surface area contributed by atoms with Crippen LogP contribution in [-0.2, 0) is 4.74 Å². The molecule has 0 spiro atoms. The average Bonchev–Trinajstić information content (AvgIpc) is 2.20. The molecule has 0 amide bonds. The van der Waals surface area contributed by atoms with Crippen molar-refractivity contribution in [3.05, 3.63) is 28.2 Å². The maximum Gasteiger partial charge on any atom is 0.139 e. The molecule has 1 atom stereocenters. The first-order valence-corrected chi connectivity index (χ1v) is 5.49. The highest BCUT2D eigenvalue weighted by atomic mass is 35.5. The number of hydrogen-bond donors (Lipinski definition) is 0. The summed E-state index contributed by atoms with van der Waals surface area (Å²) in [5.74, 6) is 0.618. The van der Waals surface area contributed by atoms with Gasteiger partial charge in [-0.1, -0.05) is 23.2 Å². The summed E-state index contributed by atoms with van der Waals surface area (Å²) >= 11 is 11.8. The molecule has 1 rings (SSSR count). The van der Waals surface area contributed by atoms with Crippen molar-refractivity contribution in [3.8, 4) is 5.75 Å². The molecular weight excluding hydrogens is 235 g/mol. The molecule has 0 heterocycles. The molecule has 0 aliphatic heterocycles. The van der Waals surface area contributed by atoms with Crippen LogP contribution in [0.2, 0.25) is 10.0 Å². The standard InChI is InChI=1S/C11H14Cl2O2/c1-8(5-6-14-2)15-11-7-9(12)3-4-10(11)13/h3-4,7-8H,5-6H2,1-2H3. The van der Waals surface area contributed by atoms with Crippen LogP contribution in [0.25, 0.3) is 0 Å². The van der Waals surface area contributed by atoms with Crippen molar-refractivity contribution in [2.24, 2.45) is 0 Å². The Morgan fingerprint density at radius 2 is 2.07 bits per heavy atom. The fraction of sp³-hybridized carbons (Fsp3) is 0.455. The highest BCUT2D eigenvalue weighted by Gasteiger charge is 2.07. The van der Waals surface area contributed by atoms with Gasteiger partial charge in [0.15, 0.2) is 0 Å². The van der Waals surface area contributed by atoms with Gasteiger partial charge >= 0.3 is 0 Å². The number of ether oxygens (including phenoxy) is 2. The Morgan fingerprint density at radius 3 is 2.73 bits per heavy atom. The Labute approximate surface area is 100 Å². The second-order valence-corrected chi connectivity index (χ2v) is 4.13. The Balaban J connectivity index is 2.59. The largest absolute Gasteiger partial charge is 0.489 e. The summed E-state index contributed by atoms with van der Waals surface area (Å²) in [6.45, 7) is 2.63. The van der Waals surface area contributed by atoms with Crippen LogP contribution in [0.1, 0.15) is 13.3 Å². The molecule has 4 heteroatoms. The summed E-state index contributed by atoms with van der Waals surface area (Å²) in [5, 5.41) is 1.19. The van der Waals surface area contributed by atoms with Crippen LogP contribution >= 0.6 is 23.2 Å². The second kappa shape index (κ2) is 6.21. The normalized spacial score (nSPS) is 12.5. The van der Waals surface area contributed by atoms with Gasteiger partial charge in [-0.3, -0.25) is 0 Å². The molecule has 0 aromatic heterocycles. The van der Waals surface area contributed by atoms with E-state index in [0.29, 0.717) is 22.4 Å². The zero-order valence-electron chi connectivity index (χ0n) is 8.80. The Kier molecular flexibility index (Phi) is 5.23. The van der Waals surface area contributed by atoms with Crippen LogP contribution in [0.3, 0.4) is 0 Å². The van der Waals surface area contributed by atoms with E-state index < -0.39 is 0 Å². The Hall–Kier alpha value is -0.440. The summed E-state index contributed by atoms with van der Waals surface area (Å²) in [6, 6.07) is 5.17. The minimum atomic E-state index is 0.0564. The topological polar surface area (TPSA) is 18.5 Å². The van der Waals surface area contributed by atoms with Crippen LogP contribution in [0.15, 0.2) is 18.2 Å². The lowest BCUT2D eigenvalue weighted by atomic mass is 10.3. The lowest BCUT2D eigenvalue weighted by molar-refractivity contribution is 0.135. The van der Waals surface area contributed by atoms with Gasteiger partial charge in [0.1, 0.15) is 5.75 Å². The van der Waals surface area contributed by atoms with E-state index >= 15 is 0 Å². The van der Waals surface area contributed by atoms with Crippen molar-refractivity contribution in [3.63, 3.8) is 0 Å². The number of halogens is 2. The molecule has 2 nitrogen and oxygen atoms in total. The molecule has 84 valence electrons. The van der Waals surface area contributed by atoms with E-state index in [9.17, 15) is 0 Å². The SMILES string of the molecule is COCCC(C)Oc1cc(Cl)ccc1Cl. The van der Waals surface area contributed by atoms with Gasteiger partial charge in [-0.25, -0.2) is 0 Å². The second-order valence-electron chi connectivity index (χ2n) is 3.28. The van der Waals surface area contributed by atoms with Gasteiger partial charge in [0.2, 0.25) is 0 Å². The van der Waals surface area contributed by atoms with E-state index in [4.69, 9.17) is 32.7 Å². The van der Waals surface area contributed by atoms with Crippen molar-refractivity contribution in [1.82, 2.24) is 0 Å². The van der Waals surface area contributed by atoms with E-state index in [-0.39, 0.29) is 6.10 Å². The van der Waals surface area contributed by atoms with Crippen LogP contribution in [0.4, 0.5) is 0 Å². The first kappa shape index (κ1) is 12.6. The van der Waals surface area contributed by atoms with E-state index in [1.165, 1.54) is 0 Å². The quantitative estimate of drug-likeness (QED) is 0.790. The highest BCUT2D eigenvalue weighted by Crippen LogP contribution is 2.28. The summed E-state index contributed by atoms with van der Waals surface area (Å²) < 4.78 is 10.6. The molecular formula is C11H14Cl2O2. The molecule has 15 heavy (non-hydrogen) atoms. The monoisotopic (exact) mass is 248 g/mol. The lowest BCUT2D eigenvalue weighted by Gasteiger charge is -2.15. The summed E-state index contributed by atoms with van der Waals surface area (Å²) in [6.07, 6.45) is 0.875. The smallest absolute Gasteiger partial charge is 0.139 e. The minimum Gasteiger partial charge on any atom is -0.489 e. The maximum atomic E-state index is 5.96. The Morgan fingerprint density at radius 1 is 1.33 bits per heavy atom. The van der Waals surface area contributed by atoms with Crippen LogP contribution in [0.5, 0.6) is 5.75 Å². The van der Waals surface area contributed by atoms with Crippen LogP contribution in [-0.4, -0.2) is 19.8 Å². The van der Waals surface area contributed by atoms with Crippen molar-refractivity contribution in [2.45, 2.75) is 19.4 Å². The molecule has 0 saturated carbocycles. The molecule has 0 fully saturated rings. The predicted octanol–water partition coefficient (Wildman–Crippen LogP) is 3.80. The first-order valence-electron chi connectivity index (χ1n) is 4.74. The number of methoxy groups -OCH3 is 1. The zero-order valence-corrected chi connectivity index (χ0v) is 10.3. The molecule has 0 aliphatic carbocycles. The predicted molar refractivity (Wildman–Crippen MR) is 63.0 cm³/mol. The molecule has 1 aromatic rings. The molecule has 0 bridgehead atoms. The van der Waals surface area contributed by atoms with Gasteiger partial charge in [0.05, 0.1) is 11.1 Å². The van der Waals surface area contributed by atoms with Crippen LogP contribution < -0.4 is 4.74 Å². The van der Waals surface area contributed by atoms with Crippen molar-refractivity contribution < 1.29 is 9.47 Å².